The van der Waals surface area contributed by atoms with Crippen molar-refractivity contribution in [3.8, 4) is 0 Å². The van der Waals surface area contributed by atoms with Crippen molar-refractivity contribution in [2.45, 2.75) is 110 Å². The van der Waals surface area contributed by atoms with Gasteiger partial charge in [-0.25, -0.2) is 0 Å². The van der Waals surface area contributed by atoms with E-state index in [1.54, 1.807) is 11.0 Å². The number of nitrogens with zero attached hydrogens (tertiary/aromatic N) is 1. The van der Waals surface area contributed by atoms with Crippen LogP contribution < -0.4 is 0 Å². The molecular weight excluding hydrogens is 390 g/mol. The number of carbonyl (C=O) groups is 2. The summed E-state index contributed by atoms with van der Waals surface area (Å²) in [6, 6.07) is 0. The Labute approximate surface area is 190 Å². The Bertz CT molecular complexity index is 540. The second kappa shape index (κ2) is 18.0. The maximum absolute atomic E-state index is 12.5. The first-order chi connectivity index (χ1) is 14.7. The third-order valence-electron chi connectivity index (χ3n) is 5.51. The molecule has 0 spiro atoms. The van der Waals surface area contributed by atoms with Crippen molar-refractivity contribution < 1.29 is 19.4 Å². The third-order valence-corrected chi connectivity index (χ3v) is 5.51. The number of unbranched alkanes of at least 4 members (excludes halogenated alkanes) is 9. The molecule has 0 saturated heterocycles. The molecule has 0 aromatic heterocycles. The van der Waals surface area contributed by atoms with Crippen LogP contribution >= 0.6 is 0 Å². The second-order valence-corrected chi connectivity index (χ2v) is 9.10. The highest BCUT2D eigenvalue weighted by Crippen LogP contribution is 2.20. The minimum Gasteiger partial charge on any atom is -0.480 e. The number of rotatable bonds is 20. The fraction of sp³-hybridized carbons (Fsp3) is 0.769. The minimum absolute atomic E-state index is 0.00416. The molecule has 31 heavy (non-hydrogen) atoms. The molecule has 1 atom stereocenters. The van der Waals surface area contributed by atoms with Crippen LogP contribution in [0.25, 0.3) is 0 Å². The van der Waals surface area contributed by atoms with Gasteiger partial charge in [0, 0.05) is 0 Å². The Morgan fingerprint density at radius 3 is 2.00 bits per heavy atom. The lowest BCUT2D eigenvalue weighted by Crippen LogP contribution is -2.39. The number of allylic oxidation sites excluding steroid dienone is 2. The van der Waals surface area contributed by atoms with Crippen molar-refractivity contribution in [1.29, 1.82) is 0 Å². The van der Waals surface area contributed by atoms with E-state index in [1.165, 1.54) is 50.5 Å². The number of hydrogen-bond acceptors (Lipinski definition) is 4. The Morgan fingerprint density at radius 1 is 0.968 bits per heavy atom. The monoisotopic (exact) mass is 437 g/mol. The Kier molecular flexibility index (Phi) is 17.1. The van der Waals surface area contributed by atoms with Gasteiger partial charge in [0.1, 0.15) is 5.60 Å². The van der Waals surface area contributed by atoms with Gasteiger partial charge in [-0.1, -0.05) is 82.9 Å². The average molecular weight is 438 g/mol. The van der Waals surface area contributed by atoms with E-state index in [0.717, 1.165) is 25.7 Å². The van der Waals surface area contributed by atoms with E-state index in [4.69, 9.17) is 4.74 Å². The summed E-state index contributed by atoms with van der Waals surface area (Å²) in [5.74, 6) is -1.32. The first kappa shape index (κ1) is 29.4. The summed E-state index contributed by atoms with van der Waals surface area (Å²) in [5.41, 5.74) is 0.483. The number of carboxylic acid groups (broad SMARTS) is 1. The lowest BCUT2D eigenvalue weighted by atomic mass is 9.99. The van der Waals surface area contributed by atoms with E-state index in [2.05, 4.69) is 19.6 Å². The van der Waals surface area contributed by atoms with Crippen LogP contribution in [-0.2, 0) is 14.3 Å². The van der Waals surface area contributed by atoms with E-state index in [1.807, 2.05) is 20.8 Å². The normalized spacial score (nSPS) is 12.9. The fourth-order valence-corrected chi connectivity index (χ4v) is 3.55. The molecule has 0 amide bonds. The van der Waals surface area contributed by atoms with Gasteiger partial charge in [0.15, 0.2) is 0 Å². The van der Waals surface area contributed by atoms with Crippen LogP contribution in [0.4, 0.5) is 0 Å². The van der Waals surface area contributed by atoms with Gasteiger partial charge in [-0.15, -0.1) is 0 Å². The van der Waals surface area contributed by atoms with Crippen molar-refractivity contribution in [2.75, 3.05) is 19.6 Å². The van der Waals surface area contributed by atoms with Crippen molar-refractivity contribution in [3.05, 3.63) is 24.3 Å². The molecule has 0 radical (unpaired) electrons. The Hall–Kier alpha value is -1.62. The van der Waals surface area contributed by atoms with Crippen molar-refractivity contribution in [2.24, 2.45) is 0 Å². The molecular formula is C26H47NO4. The highest BCUT2D eigenvalue weighted by molar-refractivity contribution is 5.74. The van der Waals surface area contributed by atoms with Crippen LogP contribution in [0.3, 0.4) is 0 Å². The molecule has 5 heteroatoms. The number of aliphatic carboxylic acids is 1. The maximum atomic E-state index is 12.5. The zero-order valence-corrected chi connectivity index (χ0v) is 20.6. The van der Waals surface area contributed by atoms with Crippen molar-refractivity contribution in [3.63, 3.8) is 0 Å². The number of ether oxygens (including phenoxy) is 1. The molecule has 0 heterocycles. The van der Waals surface area contributed by atoms with Crippen LogP contribution in [0.1, 0.15) is 105 Å². The molecule has 0 aliphatic carbocycles. The smallest absolute Gasteiger partial charge is 0.321 e. The molecule has 0 fully saturated rings. The molecule has 0 aromatic carbocycles. The van der Waals surface area contributed by atoms with Gasteiger partial charge in [-0.2, -0.15) is 0 Å². The van der Waals surface area contributed by atoms with E-state index < -0.39 is 17.5 Å². The van der Waals surface area contributed by atoms with Crippen LogP contribution in [0.5, 0.6) is 0 Å². The molecule has 1 N–H and O–H groups in total. The number of carbonyl (C=O) groups excluding carboxylic acids is 1. The summed E-state index contributed by atoms with van der Waals surface area (Å²) < 4.78 is 5.66. The van der Waals surface area contributed by atoms with Gasteiger partial charge >= 0.3 is 11.9 Å². The zero-order chi connectivity index (χ0) is 23.5. The molecule has 0 aliphatic rings. The van der Waals surface area contributed by atoms with Crippen LogP contribution in [0, 0.1) is 0 Å². The summed E-state index contributed by atoms with van der Waals surface area (Å²) in [6.07, 6.45) is 17.5. The van der Waals surface area contributed by atoms with E-state index in [-0.39, 0.29) is 13.1 Å². The zero-order valence-electron chi connectivity index (χ0n) is 20.6. The average Bonchev–Trinajstić information content (AvgIpc) is 2.68. The summed E-state index contributed by atoms with van der Waals surface area (Å²) in [4.78, 5) is 25.3. The lowest BCUT2D eigenvalue weighted by Gasteiger charge is -2.27. The molecule has 1 unspecified atom stereocenters. The SMILES string of the molecule is C=CC(C)(CCC=C(C)C)OC(=O)CN(CCCCCCCCCCCC)CC(=O)O. The highest BCUT2D eigenvalue weighted by Gasteiger charge is 2.26. The number of carboxylic acids is 1. The van der Waals surface area contributed by atoms with E-state index in [0.29, 0.717) is 13.0 Å². The van der Waals surface area contributed by atoms with Gasteiger partial charge in [0.25, 0.3) is 0 Å². The van der Waals surface area contributed by atoms with Gasteiger partial charge < -0.3 is 9.84 Å². The highest BCUT2D eigenvalue weighted by atomic mass is 16.6. The van der Waals surface area contributed by atoms with Crippen molar-refractivity contribution in [1.82, 2.24) is 4.90 Å². The molecule has 0 rings (SSSR count). The van der Waals surface area contributed by atoms with E-state index >= 15 is 0 Å². The molecule has 0 aliphatic heterocycles. The maximum Gasteiger partial charge on any atom is 0.321 e. The summed E-state index contributed by atoms with van der Waals surface area (Å²) in [5, 5.41) is 9.19. The summed E-state index contributed by atoms with van der Waals surface area (Å²) >= 11 is 0. The second-order valence-electron chi connectivity index (χ2n) is 9.10. The predicted molar refractivity (Wildman–Crippen MR) is 129 cm³/mol. The van der Waals surface area contributed by atoms with Gasteiger partial charge in [-0.05, 0) is 52.7 Å². The van der Waals surface area contributed by atoms with E-state index in [9.17, 15) is 14.7 Å². The van der Waals surface area contributed by atoms with Gasteiger partial charge in [0.2, 0.25) is 0 Å². The summed E-state index contributed by atoms with van der Waals surface area (Å²) in [7, 11) is 0. The van der Waals surface area contributed by atoms with Gasteiger partial charge in [0.05, 0.1) is 13.1 Å². The van der Waals surface area contributed by atoms with Crippen LogP contribution in [0.2, 0.25) is 0 Å². The first-order valence-corrected chi connectivity index (χ1v) is 12.2. The first-order valence-electron chi connectivity index (χ1n) is 12.2. The lowest BCUT2D eigenvalue weighted by molar-refractivity contribution is -0.156. The molecule has 0 aromatic rings. The minimum atomic E-state index is -0.921. The molecule has 5 nitrogen and oxygen atoms in total. The third kappa shape index (κ3) is 17.7. The van der Waals surface area contributed by atoms with Crippen molar-refractivity contribution >= 4 is 11.9 Å². The standard InChI is InChI=1S/C26H47NO4/c1-6-8-9-10-11-12-13-14-15-16-20-27(21-24(28)29)22-25(30)31-26(5,7-2)19-17-18-23(3)4/h7,18H,2,6,8-17,19-22H2,1,3-5H3,(H,28,29). The van der Waals surface area contributed by atoms with Crippen LogP contribution in [0.15, 0.2) is 24.3 Å². The number of esters is 1. The molecule has 0 saturated carbocycles. The molecule has 180 valence electrons. The van der Waals surface area contributed by atoms with Gasteiger partial charge in [-0.3, -0.25) is 14.5 Å². The quantitative estimate of drug-likeness (QED) is 0.133. The van der Waals surface area contributed by atoms with Crippen LogP contribution in [-0.4, -0.2) is 47.2 Å². The predicted octanol–water partition coefficient (Wildman–Crippen LogP) is 6.53. The topological polar surface area (TPSA) is 66.8 Å². The Morgan fingerprint density at radius 2 is 1.52 bits per heavy atom. The fourth-order valence-electron chi connectivity index (χ4n) is 3.55. The largest absolute Gasteiger partial charge is 0.480 e. The summed E-state index contributed by atoms with van der Waals surface area (Å²) in [6.45, 7) is 12.4. The Balaban J connectivity index is 4.30. The number of hydrogen-bond donors (Lipinski definition) is 1. The molecule has 0 bridgehead atoms.